The number of hydrogen-bond acceptors (Lipinski definition) is 6. The van der Waals surface area contributed by atoms with Crippen LogP contribution in [0.25, 0.3) is 0 Å². The fraction of sp³-hybridized carbons (Fsp3) is 0.400. The fourth-order valence-corrected chi connectivity index (χ4v) is 3.38. The van der Waals surface area contributed by atoms with E-state index in [4.69, 9.17) is 4.74 Å². The monoisotopic (exact) mass is 337 g/mol. The van der Waals surface area contributed by atoms with E-state index in [0.29, 0.717) is 5.13 Å². The maximum absolute atomic E-state index is 12.2. The highest BCUT2D eigenvalue weighted by molar-refractivity contribution is 8.01. The van der Waals surface area contributed by atoms with Crippen molar-refractivity contribution in [3.8, 4) is 5.75 Å². The molecular formula is C15H19N3O2S2. The van der Waals surface area contributed by atoms with Gasteiger partial charge >= 0.3 is 0 Å². The highest BCUT2D eigenvalue weighted by Crippen LogP contribution is 2.25. The van der Waals surface area contributed by atoms with Crippen LogP contribution < -0.4 is 10.1 Å². The molecule has 0 radical (unpaired) electrons. The summed E-state index contributed by atoms with van der Waals surface area (Å²) in [7, 11) is 0. The molecule has 22 heavy (non-hydrogen) atoms. The van der Waals surface area contributed by atoms with E-state index in [1.165, 1.54) is 11.3 Å². The van der Waals surface area contributed by atoms with E-state index in [-0.39, 0.29) is 5.91 Å². The molecule has 1 aromatic heterocycles. The summed E-state index contributed by atoms with van der Waals surface area (Å²) >= 11 is 2.97. The van der Waals surface area contributed by atoms with Crippen LogP contribution in [0.5, 0.6) is 5.75 Å². The van der Waals surface area contributed by atoms with Crippen molar-refractivity contribution in [2.45, 2.75) is 38.1 Å². The normalized spacial score (nSPS) is 12.0. The summed E-state index contributed by atoms with van der Waals surface area (Å²) in [6.07, 6.45) is -0.605. The van der Waals surface area contributed by atoms with E-state index in [0.717, 1.165) is 27.0 Å². The lowest BCUT2D eigenvalue weighted by molar-refractivity contribution is -0.122. The standard InChI is InChI=1S/C15H19N3O2S2/c1-5-21-15-18-17-14(22-15)16-13(19)11(4)20-12-8-9(2)6-7-10(12)3/h6-8,11H,5H2,1-4H3,(H,16,17,19). The Hall–Kier alpha value is -1.60. The zero-order valence-electron chi connectivity index (χ0n) is 13.0. The number of aryl methyl sites for hydroxylation is 2. The van der Waals surface area contributed by atoms with Gasteiger partial charge in [-0.15, -0.1) is 10.2 Å². The van der Waals surface area contributed by atoms with Gasteiger partial charge in [0.25, 0.3) is 5.91 Å². The molecule has 0 aliphatic carbocycles. The van der Waals surface area contributed by atoms with Gasteiger partial charge in [0.15, 0.2) is 10.4 Å². The molecule has 1 atom stereocenters. The number of nitrogens with zero attached hydrogens (tertiary/aromatic N) is 2. The van der Waals surface area contributed by atoms with Gasteiger partial charge in [-0.1, -0.05) is 42.2 Å². The molecule has 5 nitrogen and oxygen atoms in total. The second-order valence-corrected chi connectivity index (χ2v) is 7.31. The maximum atomic E-state index is 12.2. The lowest BCUT2D eigenvalue weighted by atomic mass is 10.1. The predicted molar refractivity (Wildman–Crippen MR) is 90.9 cm³/mol. The minimum atomic E-state index is -0.605. The first-order valence-corrected chi connectivity index (χ1v) is 8.81. The van der Waals surface area contributed by atoms with Crippen molar-refractivity contribution in [3.63, 3.8) is 0 Å². The molecule has 1 amide bonds. The number of carbonyl (C=O) groups is 1. The summed E-state index contributed by atoms with van der Waals surface area (Å²) in [5.41, 5.74) is 2.10. The molecule has 0 bridgehead atoms. The van der Waals surface area contributed by atoms with E-state index < -0.39 is 6.10 Å². The molecule has 1 aromatic carbocycles. The lowest BCUT2D eigenvalue weighted by Gasteiger charge is -2.15. The number of benzene rings is 1. The Bertz CT molecular complexity index is 658. The van der Waals surface area contributed by atoms with Crippen molar-refractivity contribution >= 4 is 34.1 Å². The summed E-state index contributed by atoms with van der Waals surface area (Å²) in [6.45, 7) is 7.72. The van der Waals surface area contributed by atoms with Gasteiger partial charge in [-0.2, -0.15) is 0 Å². The number of thioether (sulfide) groups is 1. The average Bonchev–Trinajstić information content (AvgIpc) is 2.90. The Morgan fingerprint density at radius 2 is 2.18 bits per heavy atom. The third kappa shape index (κ3) is 4.45. The molecule has 0 saturated carbocycles. The van der Waals surface area contributed by atoms with Crippen LogP contribution in [0.15, 0.2) is 22.5 Å². The Morgan fingerprint density at radius 1 is 1.41 bits per heavy atom. The number of carbonyl (C=O) groups excluding carboxylic acids is 1. The first kappa shape index (κ1) is 16.8. The Labute approximate surface area is 138 Å². The van der Waals surface area contributed by atoms with Crippen LogP contribution in [0.3, 0.4) is 0 Å². The van der Waals surface area contributed by atoms with Crippen molar-refractivity contribution in [2.75, 3.05) is 11.1 Å². The fourth-order valence-electron chi connectivity index (χ4n) is 1.73. The minimum Gasteiger partial charge on any atom is -0.481 e. The third-order valence-electron chi connectivity index (χ3n) is 2.92. The van der Waals surface area contributed by atoms with E-state index in [1.807, 2.05) is 39.0 Å². The zero-order valence-corrected chi connectivity index (χ0v) is 14.7. The number of amides is 1. The number of rotatable bonds is 6. The number of nitrogens with one attached hydrogen (secondary N) is 1. The number of hydrogen-bond donors (Lipinski definition) is 1. The minimum absolute atomic E-state index is 0.231. The van der Waals surface area contributed by atoms with Crippen molar-refractivity contribution < 1.29 is 9.53 Å². The third-order valence-corrected chi connectivity index (χ3v) is 4.78. The van der Waals surface area contributed by atoms with Crippen molar-refractivity contribution in [1.29, 1.82) is 0 Å². The van der Waals surface area contributed by atoms with Crippen LogP contribution in [0.1, 0.15) is 25.0 Å². The lowest BCUT2D eigenvalue weighted by Crippen LogP contribution is -2.30. The van der Waals surface area contributed by atoms with Gasteiger partial charge in [0, 0.05) is 0 Å². The van der Waals surface area contributed by atoms with E-state index >= 15 is 0 Å². The molecule has 2 aromatic rings. The Kier molecular flexibility index (Phi) is 5.79. The second kappa shape index (κ2) is 7.60. The molecule has 0 aliphatic rings. The van der Waals surface area contributed by atoms with E-state index in [9.17, 15) is 4.79 Å². The van der Waals surface area contributed by atoms with Gasteiger partial charge in [-0.25, -0.2) is 0 Å². The van der Waals surface area contributed by atoms with Gasteiger partial charge in [0.1, 0.15) is 5.75 Å². The first-order chi connectivity index (χ1) is 10.5. The summed E-state index contributed by atoms with van der Waals surface area (Å²) in [5, 5.41) is 11.2. The number of aromatic nitrogens is 2. The molecule has 7 heteroatoms. The van der Waals surface area contributed by atoms with E-state index in [1.54, 1.807) is 18.7 Å². The molecule has 1 unspecified atom stereocenters. The van der Waals surface area contributed by atoms with Crippen molar-refractivity contribution in [3.05, 3.63) is 29.3 Å². The molecule has 118 valence electrons. The second-order valence-electron chi connectivity index (χ2n) is 4.82. The van der Waals surface area contributed by atoms with Crippen LogP contribution in [0.2, 0.25) is 0 Å². The van der Waals surface area contributed by atoms with Gasteiger partial charge in [0.2, 0.25) is 5.13 Å². The molecule has 0 fully saturated rings. The molecule has 1 heterocycles. The topological polar surface area (TPSA) is 64.1 Å². The Balaban J connectivity index is 1.98. The zero-order chi connectivity index (χ0) is 16.1. The maximum Gasteiger partial charge on any atom is 0.266 e. The van der Waals surface area contributed by atoms with Crippen molar-refractivity contribution in [2.24, 2.45) is 0 Å². The Morgan fingerprint density at radius 3 is 2.91 bits per heavy atom. The molecule has 0 aliphatic heterocycles. The molecule has 2 rings (SSSR count). The average molecular weight is 337 g/mol. The van der Waals surface area contributed by atoms with Crippen LogP contribution >= 0.6 is 23.1 Å². The summed E-state index contributed by atoms with van der Waals surface area (Å²) in [6, 6.07) is 5.93. The molecule has 0 spiro atoms. The highest BCUT2D eigenvalue weighted by Gasteiger charge is 2.17. The van der Waals surface area contributed by atoms with Crippen LogP contribution in [0, 0.1) is 13.8 Å². The van der Waals surface area contributed by atoms with Crippen LogP contribution in [-0.2, 0) is 4.79 Å². The summed E-state index contributed by atoms with van der Waals surface area (Å²) in [4.78, 5) is 12.2. The largest absolute Gasteiger partial charge is 0.481 e. The van der Waals surface area contributed by atoms with Gasteiger partial charge in [-0.3, -0.25) is 10.1 Å². The first-order valence-electron chi connectivity index (χ1n) is 7.00. The van der Waals surface area contributed by atoms with Crippen LogP contribution in [0.4, 0.5) is 5.13 Å². The van der Waals surface area contributed by atoms with Gasteiger partial charge < -0.3 is 4.74 Å². The predicted octanol–water partition coefficient (Wildman–Crippen LogP) is 3.67. The van der Waals surface area contributed by atoms with Gasteiger partial charge in [0.05, 0.1) is 0 Å². The molecule has 1 N–H and O–H groups in total. The summed E-state index contributed by atoms with van der Waals surface area (Å²) < 4.78 is 6.60. The van der Waals surface area contributed by atoms with E-state index in [2.05, 4.69) is 15.5 Å². The summed E-state index contributed by atoms with van der Waals surface area (Å²) in [5.74, 6) is 1.42. The quantitative estimate of drug-likeness (QED) is 0.643. The highest BCUT2D eigenvalue weighted by atomic mass is 32.2. The van der Waals surface area contributed by atoms with Crippen LogP contribution in [-0.4, -0.2) is 28.0 Å². The smallest absolute Gasteiger partial charge is 0.266 e. The van der Waals surface area contributed by atoms with Crippen molar-refractivity contribution in [1.82, 2.24) is 10.2 Å². The number of ether oxygens (including phenoxy) is 1. The SMILES string of the molecule is CCSc1nnc(NC(=O)C(C)Oc2cc(C)ccc2C)s1. The number of anilines is 1. The van der Waals surface area contributed by atoms with Gasteiger partial charge in [-0.05, 0) is 43.7 Å². The molecular weight excluding hydrogens is 318 g/mol. The molecule has 0 saturated heterocycles.